The van der Waals surface area contributed by atoms with Crippen molar-refractivity contribution in [1.29, 1.82) is 0 Å². The summed E-state index contributed by atoms with van der Waals surface area (Å²) in [4.78, 5) is 4.47. The van der Waals surface area contributed by atoms with Crippen molar-refractivity contribution in [2.45, 2.75) is 37.2 Å². The molecule has 0 saturated carbocycles. The molecular weight excluding hydrogens is 326 g/mol. The fourth-order valence-corrected chi connectivity index (χ4v) is 3.39. The van der Waals surface area contributed by atoms with Crippen LogP contribution >= 0.6 is 0 Å². The summed E-state index contributed by atoms with van der Waals surface area (Å²) in [7, 11) is -3.90. The smallest absolute Gasteiger partial charge is 0.241 e. The van der Waals surface area contributed by atoms with Gasteiger partial charge in [0.1, 0.15) is 4.90 Å². The van der Waals surface area contributed by atoms with E-state index in [0.717, 1.165) is 5.56 Å². The third kappa shape index (κ3) is 4.78. The van der Waals surface area contributed by atoms with Crippen molar-refractivity contribution in [3.63, 3.8) is 0 Å². The molecule has 0 aromatic heterocycles. The molecule has 130 valence electrons. The number of hydrogen-bond acceptors (Lipinski definition) is 5. The highest BCUT2D eigenvalue weighted by atomic mass is 32.2. The van der Waals surface area contributed by atoms with E-state index in [2.05, 4.69) is 29.2 Å². The Morgan fingerprint density at radius 1 is 1.12 bits per heavy atom. The second-order valence-electron chi connectivity index (χ2n) is 5.85. The largest absolute Gasteiger partial charge is 0.410 e. The quantitative estimate of drug-likeness (QED) is 0.662. The zero-order chi connectivity index (χ0) is 17.7. The fraction of sp³-hybridized carbons (Fsp3) is 0.294. The number of nitrogens with two attached hydrogens (primary N) is 2. The second-order valence-corrected chi connectivity index (χ2v) is 7.38. The summed E-state index contributed by atoms with van der Waals surface area (Å²) >= 11 is 0. The molecule has 2 aromatic rings. The van der Waals surface area contributed by atoms with Gasteiger partial charge < -0.3 is 10.2 Å². The van der Waals surface area contributed by atoms with E-state index in [1.165, 1.54) is 17.7 Å². The van der Waals surface area contributed by atoms with Gasteiger partial charge in [0, 0.05) is 12.1 Å². The van der Waals surface area contributed by atoms with Crippen molar-refractivity contribution in [2.24, 2.45) is 11.0 Å². The number of sulfonamides is 1. The highest BCUT2D eigenvalue weighted by Crippen LogP contribution is 2.24. The van der Waals surface area contributed by atoms with E-state index in [1.54, 1.807) is 6.07 Å². The fourth-order valence-electron chi connectivity index (χ4n) is 2.68. The number of nitrogens with one attached hydrogen (secondary N) is 1. The summed E-state index contributed by atoms with van der Waals surface area (Å²) in [6, 6.07) is 15.2. The van der Waals surface area contributed by atoms with Gasteiger partial charge in [-0.25, -0.2) is 13.6 Å². The summed E-state index contributed by atoms with van der Waals surface area (Å²) in [6.45, 7) is 4.14. The average Bonchev–Trinajstić information content (AvgIpc) is 2.54. The number of primary sulfonamides is 1. The van der Waals surface area contributed by atoms with Crippen LogP contribution in [0.1, 0.15) is 31.0 Å². The lowest BCUT2D eigenvalue weighted by atomic mass is 10.0. The van der Waals surface area contributed by atoms with Gasteiger partial charge in [0.25, 0.3) is 0 Å². The first-order valence-electron chi connectivity index (χ1n) is 7.64. The molecule has 0 spiro atoms. The van der Waals surface area contributed by atoms with Gasteiger partial charge >= 0.3 is 0 Å². The van der Waals surface area contributed by atoms with Crippen molar-refractivity contribution < 1.29 is 13.3 Å². The molecule has 24 heavy (non-hydrogen) atoms. The van der Waals surface area contributed by atoms with Crippen LogP contribution in [0.15, 0.2) is 53.4 Å². The SMILES string of the molecule is C[C@H](Cc1ccc(ON)c(S(N)(=O)=O)c1)N[C@H](C)c1ccccc1. The second kappa shape index (κ2) is 7.76. The number of rotatable bonds is 7. The molecule has 0 aliphatic carbocycles. The molecule has 2 aromatic carbocycles. The molecule has 0 unspecified atom stereocenters. The van der Waals surface area contributed by atoms with Crippen molar-refractivity contribution in [3.8, 4) is 5.75 Å². The molecule has 2 atom stereocenters. The molecule has 0 amide bonds. The van der Waals surface area contributed by atoms with E-state index >= 15 is 0 Å². The van der Waals surface area contributed by atoms with E-state index in [4.69, 9.17) is 11.0 Å². The maximum atomic E-state index is 11.6. The van der Waals surface area contributed by atoms with Gasteiger partial charge in [-0.1, -0.05) is 36.4 Å². The highest BCUT2D eigenvalue weighted by Gasteiger charge is 2.17. The van der Waals surface area contributed by atoms with Gasteiger partial charge in [-0.05, 0) is 43.5 Å². The van der Waals surface area contributed by atoms with Crippen LogP contribution in [-0.4, -0.2) is 14.5 Å². The normalized spacial score (nSPS) is 14.2. The van der Waals surface area contributed by atoms with Crippen molar-refractivity contribution in [3.05, 3.63) is 59.7 Å². The van der Waals surface area contributed by atoms with Crippen LogP contribution in [0.4, 0.5) is 0 Å². The first-order chi connectivity index (χ1) is 11.3. The van der Waals surface area contributed by atoms with Crippen LogP contribution in [0.5, 0.6) is 5.75 Å². The van der Waals surface area contributed by atoms with Gasteiger partial charge in [0.2, 0.25) is 10.0 Å². The predicted octanol–water partition coefficient (Wildman–Crippen LogP) is 1.87. The third-order valence-electron chi connectivity index (χ3n) is 3.82. The summed E-state index contributed by atoms with van der Waals surface area (Å²) in [5.74, 6) is 5.14. The summed E-state index contributed by atoms with van der Waals surface area (Å²) in [5, 5.41) is 8.71. The first kappa shape index (κ1) is 18.4. The van der Waals surface area contributed by atoms with Crippen LogP contribution in [0.2, 0.25) is 0 Å². The monoisotopic (exact) mass is 349 g/mol. The highest BCUT2D eigenvalue weighted by molar-refractivity contribution is 7.89. The maximum Gasteiger partial charge on any atom is 0.241 e. The topological polar surface area (TPSA) is 107 Å². The first-order valence-corrected chi connectivity index (χ1v) is 9.19. The molecule has 7 heteroatoms. The molecule has 0 bridgehead atoms. The minimum absolute atomic E-state index is 0.0412. The summed E-state index contributed by atoms with van der Waals surface area (Å²) in [6.07, 6.45) is 0.643. The Balaban J connectivity index is 2.10. The molecule has 0 aliphatic rings. The van der Waals surface area contributed by atoms with E-state index < -0.39 is 10.0 Å². The Labute approximate surface area is 142 Å². The third-order valence-corrected chi connectivity index (χ3v) is 4.75. The minimum Gasteiger partial charge on any atom is -0.410 e. The van der Waals surface area contributed by atoms with Crippen LogP contribution in [-0.2, 0) is 16.4 Å². The van der Waals surface area contributed by atoms with Crippen LogP contribution in [0, 0.1) is 0 Å². The van der Waals surface area contributed by atoms with Crippen molar-refractivity contribution >= 4 is 10.0 Å². The van der Waals surface area contributed by atoms with Crippen LogP contribution < -0.4 is 21.2 Å². The molecule has 2 rings (SSSR count). The lowest BCUT2D eigenvalue weighted by molar-refractivity contribution is 0.325. The Hall–Kier alpha value is -1.93. The van der Waals surface area contributed by atoms with Gasteiger partial charge in [-0.3, -0.25) is 0 Å². The van der Waals surface area contributed by atoms with Crippen molar-refractivity contribution in [1.82, 2.24) is 5.32 Å². The van der Waals surface area contributed by atoms with E-state index in [9.17, 15) is 8.42 Å². The van der Waals surface area contributed by atoms with Crippen LogP contribution in [0.25, 0.3) is 0 Å². The predicted molar refractivity (Wildman–Crippen MR) is 93.8 cm³/mol. The van der Waals surface area contributed by atoms with Gasteiger partial charge in [-0.15, -0.1) is 0 Å². The van der Waals surface area contributed by atoms with Crippen molar-refractivity contribution in [2.75, 3.05) is 0 Å². The number of benzene rings is 2. The summed E-state index contributed by atoms with van der Waals surface area (Å²) in [5.41, 5.74) is 2.03. The Morgan fingerprint density at radius 2 is 1.79 bits per heavy atom. The summed E-state index contributed by atoms with van der Waals surface area (Å²) < 4.78 is 23.3. The Kier molecular flexibility index (Phi) is 5.95. The molecule has 5 N–H and O–H groups in total. The lowest BCUT2D eigenvalue weighted by Crippen LogP contribution is -2.30. The molecule has 0 aliphatic heterocycles. The average molecular weight is 349 g/mol. The van der Waals surface area contributed by atoms with E-state index in [-0.39, 0.29) is 22.7 Å². The Bertz CT molecular complexity index is 779. The van der Waals surface area contributed by atoms with Gasteiger partial charge in [0.05, 0.1) is 0 Å². The van der Waals surface area contributed by atoms with E-state index in [1.807, 2.05) is 25.1 Å². The zero-order valence-electron chi connectivity index (χ0n) is 13.8. The number of hydrogen-bond donors (Lipinski definition) is 3. The molecular formula is C17H23N3O3S. The molecule has 0 saturated heterocycles. The molecule has 6 nitrogen and oxygen atoms in total. The maximum absolute atomic E-state index is 11.6. The lowest BCUT2D eigenvalue weighted by Gasteiger charge is -2.21. The molecule has 0 heterocycles. The minimum atomic E-state index is -3.90. The Morgan fingerprint density at radius 3 is 2.38 bits per heavy atom. The standard InChI is InChI=1S/C17H23N3O3S/c1-12(20-13(2)15-6-4-3-5-7-15)10-14-8-9-16(23-18)17(11-14)24(19,21)22/h3-9,11-13,20H,10,18H2,1-2H3,(H2,19,21,22)/t12-,13-/m1/s1. The van der Waals surface area contributed by atoms with E-state index in [0.29, 0.717) is 6.42 Å². The van der Waals surface area contributed by atoms with Crippen LogP contribution in [0.3, 0.4) is 0 Å². The zero-order valence-corrected chi connectivity index (χ0v) is 14.6. The van der Waals surface area contributed by atoms with Gasteiger partial charge in [-0.2, -0.15) is 5.90 Å². The molecule has 0 fully saturated rings. The van der Waals surface area contributed by atoms with Gasteiger partial charge in [0.15, 0.2) is 5.75 Å². The molecule has 0 radical (unpaired) electrons.